The molecule has 0 aromatic carbocycles. The summed E-state index contributed by atoms with van der Waals surface area (Å²) in [4.78, 5) is 0. The lowest BCUT2D eigenvalue weighted by molar-refractivity contribution is -0.0544. The van der Waals surface area contributed by atoms with E-state index >= 15 is 0 Å². The number of methoxy groups -OCH3 is 1. The Kier molecular flexibility index (Phi) is 4.69. The number of hydrogen-bond acceptors (Lipinski definition) is 2. The molecule has 0 saturated heterocycles. The molecule has 2 heteroatoms. The largest absolute Gasteiger partial charge is 0.396 e. The van der Waals surface area contributed by atoms with Crippen LogP contribution in [0.4, 0.5) is 0 Å². The zero-order chi connectivity index (χ0) is 8.91. The molecule has 0 aliphatic carbocycles. The Labute approximate surface area is 69.6 Å². The summed E-state index contributed by atoms with van der Waals surface area (Å²) in [6, 6.07) is 0. The first-order valence-electron chi connectivity index (χ1n) is 4.26. The van der Waals surface area contributed by atoms with Gasteiger partial charge >= 0.3 is 0 Å². The monoisotopic (exact) mass is 160 g/mol. The Balaban J connectivity index is 4.07. The fourth-order valence-electron chi connectivity index (χ4n) is 1.20. The maximum atomic E-state index is 8.80. The van der Waals surface area contributed by atoms with E-state index in [9.17, 15) is 0 Å². The van der Waals surface area contributed by atoms with Crippen LogP contribution in [0.5, 0.6) is 0 Å². The molecule has 0 aliphatic heterocycles. The number of ether oxygens (including phenoxy) is 1. The highest BCUT2D eigenvalue weighted by Crippen LogP contribution is 2.26. The molecule has 2 nitrogen and oxygen atoms in total. The topological polar surface area (TPSA) is 29.5 Å². The molecule has 0 rings (SSSR count). The maximum Gasteiger partial charge on any atom is 0.0697 e. The van der Waals surface area contributed by atoms with Crippen LogP contribution in [0, 0.1) is 5.92 Å². The average Bonchev–Trinajstić information content (AvgIpc) is 2.03. The number of rotatable bonds is 5. The van der Waals surface area contributed by atoms with E-state index in [-0.39, 0.29) is 12.2 Å². The van der Waals surface area contributed by atoms with Crippen molar-refractivity contribution in [3.05, 3.63) is 0 Å². The Bertz CT molecular complexity index is 104. The zero-order valence-electron chi connectivity index (χ0n) is 8.05. The Hall–Kier alpha value is -0.0800. The van der Waals surface area contributed by atoms with Gasteiger partial charge in [0, 0.05) is 13.7 Å². The number of aliphatic hydroxyl groups is 1. The van der Waals surface area contributed by atoms with Gasteiger partial charge in [-0.1, -0.05) is 20.3 Å². The normalized spacial score (nSPS) is 19.4. The van der Waals surface area contributed by atoms with Gasteiger partial charge in [0.25, 0.3) is 0 Å². The summed E-state index contributed by atoms with van der Waals surface area (Å²) in [6.07, 6.45) is 1.81. The summed E-state index contributed by atoms with van der Waals surface area (Å²) in [6.45, 7) is 6.55. The second-order valence-electron chi connectivity index (χ2n) is 3.30. The van der Waals surface area contributed by atoms with Crippen LogP contribution in [-0.4, -0.2) is 24.4 Å². The minimum absolute atomic E-state index is 0.149. The van der Waals surface area contributed by atoms with Gasteiger partial charge in [0.1, 0.15) is 0 Å². The first kappa shape index (κ1) is 10.9. The SMILES string of the molecule is CCC(C)C(C)(CCO)OC. The van der Waals surface area contributed by atoms with Crippen LogP contribution in [-0.2, 0) is 4.74 Å². The molecule has 0 aromatic rings. The molecule has 0 fully saturated rings. The van der Waals surface area contributed by atoms with E-state index in [1.165, 1.54) is 0 Å². The molecule has 68 valence electrons. The van der Waals surface area contributed by atoms with Crippen molar-refractivity contribution >= 4 is 0 Å². The molecule has 0 aromatic heterocycles. The summed E-state index contributed by atoms with van der Waals surface area (Å²) in [7, 11) is 1.71. The van der Waals surface area contributed by atoms with Gasteiger partial charge in [-0.2, -0.15) is 0 Å². The molecule has 0 aliphatic rings. The highest BCUT2D eigenvalue weighted by molar-refractivity contribution is 4.79. The smallest absolute Gasteiger partial charge is 0.0697 e. The quantitative estimate of drug-likeness (QED) is 0.664. The highest BCUT2D eigenvalue weighted by atomic mass is 16.5. The van der Waals surface area contributed by atoms with Gasteiger partial charge in [-0.3, -0.25) is 0 Å². The summed E-state index contributed by atoms with van der Waals surface area (Å²) in [5.41, 5.74) is -0.149. The van der Waals surface area contributed by atoms with Crippen molar-refractivity contribution in [1.29, 1.82) is 0 Å². The summed E-state index contributed by atoms with van der Waals surface area (Å²) >= 11 is 0. The van der Waals surface area contributed by atoms with E-state index in [4.69, 9.17) is 9.84 Å². The lowest BCUT2D eigenvalue weighted by Crippen LogP contribution is -2.35. The average molecular weight is 160 g/mol. The van der Waals surface area contributed by atoms with E-state index in [1.54, 1.807) is 7.11 Å². The van der Waals surface area contributed by atoms with Crippen molar-refractivity contribution in [2.75, 3.05) is 13.7 Å². The van der Waals surface area contributed by atoms with Gasteiger partial charge < -0.3 is 9.84 Å². The van der Waals surface area contributed by atoms with E-state index in [0.29, 0.717) is 5.92 Å². The minimum Gasteiger partial charge on any atom is -0.396 e. The molecule has 2 atom stereocenters. The van der Waals surface area contributed by atoms with Gasteiger partial charge in [-0.25, -0.2) is 0 Å². The molecule has 0 radical (unpaired) electrons. The van der Waals surface area contributed by atoms with Crippen LogP contribution >= 0.6 is 0 Å². The molecule has 1 N–H and O–H groups in total. The first-order valence-corrected chi connectivity index (χ1v) is 4.26. The Morgan fingerprint density at radius 1 is 1.55 bits per heavy atom. The molecule has 0 saturated carbocycles. The van der Waals surface area contributed by atoms with Crippen LogP contribution in [0.15, 0.2) is 0 Å². The predicted octanol–water partition coefficient (Wildman–Crippen LogP) is 1.82. The summed E-state index contributed by atoms with van der Waals surface area (Å²) in [5.74, 6) is 0.500. The Morgan fingerprint density at radius 3 is 2.36 bits per heavy atom. The van der Waals surface area contributed by atoms with Crippen LogP contribution in [0.25, 0.3) is 0 Å². The van der Waals surface area contributed by atoms with Gasteiger partial charge in [0.2, 0.25) is 0 Å². The Morgan fingerprint density at radius 2 is 2.09 bits per heavy atom. The second kappa shape index (κ2) is 4.73. The van der Waals surface area contributed by atoms with Gasteiger partial charge in [0.15, 0.2) is 0 Å². The van der Waals surface area contributed by atoms with E-state index in [2.05, 4.69) is 20.8 Å². The third-order valence-electron chi connectivity index (χ3n) is 2.73. The van der Waals surface area contributed by atoms with Crippen molar-refractivity contribution in [3.63, 3.8) is 0 Å². The molecule has 2 unspecified atom stereocenters. The lowest BCUT2D eigenvalue weighted by Gasteiger charge is -2.33. The standard InChI is InChI=1S/C9H20O2/c1-5-8(2)9(3,11-4)6-7-10/h8,10H,5-7H2,1-4H3. The molecule has 0 heterocycles. The zero-order valence-corrected chi connectivity index (χ0v) is 8.05. The van der Waals surface area contributed by atoms with Crippen LogP contribution < -0.4 is 0 Å². The van der Waals surface area contributed by atoms with Crippen molar-refractivity contribution in [2.45, 2.75) is 39.2 Å². The highest BCUT2D eigenvalue weighted by Gasteiger charge is 2.28. The van der Waals surface area contributed by atoms with Crippen LogP contribution in [0.3, 0.4) is 0 Å². The number of aliphatic hydroxyl groups excluding tert-OH is 1. The fourth-order valence-corrected chi connectivity index (χ4v) is 1.20. The molecule has 0 spiro atoms. The van der Waals surface area contributed by atoms with Gasteiger partial charge in [-0.05, 0) is 19.3 Å². The third-order valence-corrected chi connectivity index (χ3v) is 2.73. The summed E-state index contributed by atoms with van der Waals surface area (Å²) < 4.78 is 5.37. The maximum absolute atomic E-state index is 8.80. The van der Waals surface area contributed by atoms with Gasteiger partial charge in [0.05, 0.1) is 5.60 Å². The van der Waals surface area contributed by atoms with E-state index < -0.39 is 0 Å². The van der Waals surface area contributed by atoms with Crippen molar-refractivity contribution < 1.29 is 9.84 Å². The van der Waals surface area contributed by atoms with Gasteiger partial charge in [-0.15, -0.1) is 0 Å². The van der Waals surface area contributed by atoms with Crippen molar-refractivity contribution in [3.8, 4) is 0 Å². The van der Waals surface area contributed by atoms with Crippen molar-refractivity contribution in [1.82, 2.24) is 0 Å². The second-order valence-corrected chi connectivity index (χ2v) is 3.30. The molecular weight excluding hydrogens is 140 g/mol. The summed E-state index contributed by atoms with van der Waals surface area (Å²) in [5, 5.41) is 8.80. The van der Waals surface area contributed by atoms with Crippen LogP contribution in [0.2, 0.25) is 0 Å². The number of hydrogen-bond donors (Lipinski definition) is 1. The molecular formula is C9H20O2. The van der Waals surface area contributed by atoms with E-state index in [1.807, 2.05) is 0 Å². The minimum atomic E-state index is -0.149. The van der Waals surface area contributed by atoms with Crippen LogP contribution in [0.1, 0.15) is 33.6 Å². The van der Waals surface area contributed by atoms with E-state index in [0.717, 1.165) is 12.8 Å². The third kappa shape index (κ3) is 2.80. The molecule has 11 heavy (non-hydrogen) atoms. The first-order chi connectivity index (χ1) is 5.10. The van der Waals surface area contributed by atoms with Crippen molar-refractivity contribution in [2.24, 2.45) is 5.92 Å². The fraction of sp³-hybridized carbons (Fsp3) is 1.00. The lowest BCUT2D eigenvalue weighted by atomic mass is 9.86. The molecule has 0 amide bonds. The predicted molar refractivity (Wildman–Crippen MR) is 46.6 cm³/mol. The molecule has 0 bridgehead atoms.